The molecule has 0 aliphatic heterocycles. The fraction of sp³-hybridized carbons (Fsp3) is 0.846. The number of ether oxygens (including phenoxy) is 1. The zero-order chi connectivity index (χ0) is 15.5. The summed E-state index contributed by atoms with van der Waals surface area (Å²) in [5.74, 6) is -1.58. The second kappa shape index (κ2) is 6.45. The molecule has 0 aromatic rings. The first kappa shape index (κ1) is 16.8. The van der Waals surface area contributed by atoms with Gasteiger partial charge in [0, 0.05) is 0 Å². The third-order valence-electron chi connectivity index (χ3n) is 3.69. The Hall–Kier alpha value is -1.27. The van der Waals surface area contributed by atoms with Crippen LogP contribution in [-0.2, 0) is 9.53 Å². The summed E-state index contributed by atoms with van der Waals surface area (Å²) in [6, 6.07) is 0. The predicted octanol–water partition coefficient (Wildman–Crippen LogP) is 3.26. The van der Waals surface area contributed by atoms with Crippen molar-refractivity contribution in [3.05, 3.63) is 0 Å². The number of carbonyl (C=O) groups is 2. The van der Waals surface area contributed by atoms with Gasteiger partial charge in [-0.15, -0.1) is 0 Å². The number of hydrogen-bond acceptors (Lipinski definition) is 3. The van der Waals surface area contributed by atoms with Gasteiger partial charge in [0.2, 0.25) is 0 Å². The number of alkyl carbamates (subject to hydrolysis) is 1. The summed E-state index contributed by atoms with van der Waals surface area (Å²) in [7, 11) is 0. The van der Waals surface area contributed by atoms with Crippen LogP contribution >= 0.6 is 0 Å². The van der Waals surface area contributed by atoms with Gasteiger partial charge in [0.05, 0.1) is 0 Å². The van der Waals surface area contributed by atoms with E-state index in [0.717, 1.165) is 12.8 Å². The number of rotatable bonds is 2. The van der Waals surface area contributed by atoms with Gasteiger partial charge >= 0.3 is 18.2 Å². The van der Waals surface area contributed by atoms with Crippen LogP contribution in [0.15, 0.2) is 0 Å². The van der Waals surface area contributed by atoms with E-state index in [1.54, 1.807) is 0 Å². The quantitative estimate of drug-likeness (QED) is 0.850. The summed E-state index contributed by atoms with van der Waals surface area (Å²) in [5.41, 5.74) is 0. The number of carbonyl (C=O) groups excluding carboxylic acids is 2. The van der Waals surface area contributed by atoms with Crippen LogP contribution in [0.2, 0.25) is 0 Å². The van der Waals surface area contributed by atoms with Crippen molar-refractivity contribution in [3.63, 3.8) is 0 Å². The molecule has 1 aliphatic carbocycles. The molecule has 1 aliphatic rings. The van der Waals surface area contributed by atoms with Crippen LogP contribution in [0.25, 0.3) is 0 Å². The van der Waals surface area contributed by atoms with Crippen molar-refractivity contribution < 1.29 is 27.5 Å². The molecule has 20 heavy (non-hydrogen) atoms. The van der Waals surface area contributed by atoms with E-state index in [-0.39, 0.29) is 11.8 Å². The summed E-state index contributed by atoms with van der Waals surface area (Å²) < 4.78 is 41.1. The minimum atomic E-state index is -5.09. The van der Waals surface area contributed by atoms with Crippen molar-refractivity contribution in [2.75, 3.05) is 0 Å². The minimum absolute atomic E-state index is 0.109. The number of halogens is 3. The van der Waals surface area contributed by atoms with Gasteiger partial charge in [-0.25, -0.2) is 4.79 Å². The maximum atomic E-state index is 12.0. The zero-order valence-corrected chi connectivity index (χ0v) is 11.8. The molecule has 0 heterocycles. The molecule has 0 bridgehead atoms. The van der Waals surface area contributed by atoms with Crippen molar-refractivity contribution in [3.8, 4) is 0 Å². The fourth-order valence-corrected chi connectivity index (χ4v) is 2.58. The van der Waals surface area contributed by atoms with Gasteiger partial charge in [-0.3, -0.25) is 10.1 Å². The normalized spacial score (nSPS) is 27.2. The highest BCUT2D eigenvalue weighted by molar-refractivity contribution is 5.94. The summed E-state index contributed by atoms with van der Waals surface area (Å²) in [4.78, 5) is 22.0. The Bertz CT molecular complexity index is 368. The number of amides is 2. The first-order chi connectivity index (χ1) is 9.11. The van der Waals surface area contributed by atoms with Gasteiger partial charge in [-0.2, -0.15) is 13.2 Å². The Labute approximate surface area is 116 Å². The molecule has 0 aromatic carbocycles. The average molecular weight is 295 g/mol. The Morgan fingerprint density at radius 2 is 1.85 bits per heavy atom. The van der Waals surface area contributed by atoms with E-state index in [1.807, 2.05) is 20.8 Å². The van der Waals surface area contributed by atoms with E-state index in [2.05, 4.69) is 0 Å². The molecule has 0 unspecified atom stereocenters. The van der Waals surface area contributed by atoms with Crippen LogP contribution in [0, 0.1) is 17.8 Å². The molecule has 1 fully saturated rings. The molecule has 0 spiro atoms. The van der Waals surface area contributed by atoms with Crippen LogP contribution in [0.3, 0.4) is 0 Å². The number of imide groups is 1. The van der Waals surface area contributed by atoms with E-state index in [9.17, 15) is 22.8 Å². The van der Waals surface area contributed by atoms with Gasteiger partial charge in [-0.1, -0.05) is 27.2 Å². The molecule has 0 saturated heterocycles. The fourth-order valence-electron chi connectivity index (χ4n) is 2.58. The Morgan fingerprint density at radius 3 is 2.35 bits per heavy atom. The predicted molar refractivity (Wildman–Crippen MR) is 65.8 cm³/mol. The van der Waals surface area contributed by atoms with E-state index in [1.165, 1.54) is 5.32 Å². The van der Waals surface area contributed by atoms with Gasteiger partial charge in [-0.05, 0) is 30.6 Å². The average Bonchev–Trinajstić information content (AvgIpc) is 2.26. The molecule has 0 radical (unpaired) electrons. The topological polar surface area (TPSA) is 55.4 Å². The molecule has 1 saturated carbocycles. The molecule has 7 heteroatoms. The number of alkyl halides is 3. The lowest BCUT2D eigenvalue weighted by molar-refractivity contribution is -0.173. The van der Waals surface area contributed by atoms with Crippen molar-refractivity contribution >= 4 is 12.0 Å². The third kappa shape index (κ3) is 4.68. The highest BCUT2D eigenvalue weighted by atomic mass is 19.4. The molecule has 116 valence electrons. The van der Waals surface area contributed by atoms with E-state index in [4.69, 9.17) is 4.74 Å². The van der Waals surface area contributed by atoms with Gasteiger partial charge in [0.25, 0.3) is 0 Å². The van der Waals surface area contributed by atoms with Crippen molar-refractivity contribution in [2.24, 2.45) is 17.8 Å². The van der Waals surface area contributed by atoms with Crippen LogP contribution in [0.5, 0.6) is 0 Å². The SMILES string of the molecule is CC(C)[C@@H]1CC[C@H](C)C[C@@H]1OC(=O)NC(=O)C(F)(F)F. The van der Waals surface area contributed by atoms with E-state index >= 15 is 0 Å². The molecular formula is C13H20F3NO3. The molecule has 2 amide bonds. The van der Waals surface area contributed by atoms with Gasteiger partial charge in [0.15, 0.2) is 0 Å². The summed E-state index contributed by atoms with van der Waals surface area (Å²) >= 11 is 0. The Morgan fingerprint density at radius 1 is 1.25 bits per heavy atom. The van der Waals surface area contributed by atoms with Crippen molar-refractivity contribution in [1.82, 2.24) is 5.32 Å². The molecule has 4 nitrogen and oxygen atoms in total. The maximum Gasteiger partial charge on any atom is 0.471 e. The Balaban J connectivity index is 2.60. The van der Waals surface area contributed by atoms with Gasteiger partial charge in [0.1, 0.15) is 6.10 Å². The lowest BCUT2D eigenvalue weighted by Gasteiger charge is -2.36. The summed E-state index contributed by atoms with van der Waals surface area (Å²) in [6.07, 6.45) is -4.38. The molecule has 3 atom stereocenters. The number of nitrogens with one attached hydrogen (secondary N) is 1. The molecule has 0 aromatic heterocycles. The monoisotopic (exact) mass is 295 g/mol. The first-order valence-electron chi connectivity index (χ1n) is 6.70. The van der Waals surface area contributed by atoms with Crippen molar-refractivity contribution in [2.45, 2.75) is 52.3 Å². The van der Waals surface area contributed by atoms with Crippen LogP contribution in [0.1, 0.15) is 40.0 Å². The smallest absolute Gasteiger partial charge is 0.446 e. The molecular weight excluding hydrogens is 275 g/mol. The second-order valence-electron chi connectivity index (χ2n) is 5.72. The molecule has 1 N–H and O–H groups in total. The zero-order valence-electron chi connectivity index (χ0n) is 11.8. The second-order valence-corrected chi connectivity index (χ2v) is 5.72. The molecule has 1 rings (SSSR count). The van der Waals surface area contributed by atoms with E-state index in [0.29, 0.717) is 12.3 Å². The van der Waals surface area contributed by atoms with Crippen LogP contribution in [0.4, 0.5) is 18.0 Å². The maximum absolute atomic E-state index is 12.0. The Kier molecular flexibility index (Phi) is 5.42. The highest BCUT2D eigenvalue weighted by Gasteiger charge is 2.41. The summed E-state index contributed by atoms with van der Waals surface area (Å²) in [6.45, 7) is 5.97. The van der Waals surface area contributed by atoms with E-state index < -0.39 is 24.3 Å². The highest BCUT2D eigenvalue weighted by Crippen LogP contribution is 2.35. The number of hydrogen-bond donors (Lipinski definition) is 1. The lowest BCUT2D eigenvalue weighted by atomic mass is 9.75. The van der Waals surface area contributed by atoms with Crippen LogP contribution in [-0.4, -0.2) is 24.3 Å². The van der Waals surface area contributed by atoms with Gasteiger partial charge < -0.3 is 4.74 Å². The van der Waals surface area contributed by atoms with Crippen LogP contribution < -0.4 is 5.32 Å². The largest absolute Gasteiger partial charge is 0.471 e. The first-order valence-corrected chi connectivity index (χ1v) is 6.70. The summed E-state index contributed by atoms with van der Waals surface area (Å²) in [5, 5.41) is 1.22. The standard InChI is InChI=1S/C13H20F3NO3/c1-7(2)9-5-4-8(3)6-10(9)20-12(19)17-11(18)13(14,15)16/h7-10H,4-6H2,1-3H3,(H,17,18,19)/t8-,9-,10-/m0/s1. The minimum Gasteiger partial charge on any atom is -0.446 e. The third-order valence-corrected chi connectivity index (χ3v) is 3.69. The van der Waals surface area contributed by atoms with Crippen molar-refractivity contribution in [1.29, 1.82) is 0 Å². The lowest BCUT2D eigenvalue weighted by Crippen LogP contribution is -2.44.